The lowest BCUT2D eigenvalue weighted by Gasteiger charge is -2.12. The highest BCUT2D eigenvalue weighted by molar-refractivity contribution is 5.45. The van der Waals surface area contributed by atoms with Crippen molar-refractivity contribution in [2.45, 2.75) is 32.1 Å². The van der Waals surface area contributed by atoms with E-state index < -0.39 is 0 Å². The molecule has 2 nitrogen and oxygen atoms in total. The van der Waals surface area contributed by atoms with Crippen LogP contribution in [-0.4, -0.2) is 16.8 Å². The molecule has 76 valence electrons. The quantitative estimate of drug-likeness (QED) is 0.752. The molecule has 0 aromatic heterocycles. The Morgan fingerprint density at radius 1 is 1.29 bits per heavy atom. The zero-order valence-corrected chi connectivity index (χ0v) is 8.45. The highest BCUT2D eigenvalue weighted by atomic mass is 16.3. The summed E-state index contributed by atoms with van der Waals surface area (Å²) < 4.78 is 0. The van der Waals surface area contributed by atoms with Crippen molar-refractivity contribution in [3.05, 3.63) is 28.8 Å². The Kier molecular flexibility index (Phi) is 2.46. The minimum Gasteiger partial charge on any atom is -0.508 e. The summed E-state index contributed by atoms with van der Waals surface area (Å²) in [5.74, 6) is 0.369. The maximum atomic E-state index is 9.77. The largest absolute Gasteiger partial charge is 0.508 e. The van der Waals surface area contributed by atoms with Crippen LogP contribution in [0.15, 0.2) is 12.1 Å². The monoisotopic (exact) mass is 192 g/mol. The average molecular weight is 192 g/mol. The van der Waals surface area contributed by atoms with Crippen LogP contribution >= 0.6 is 0 Å². The Labute approximate surface area is 84.2 Å². The predicted molar refractivity (Wildman–Crippen MR) is 55.6 cm³/mol. The van der Waals surface area contributed by atoms with E-state index in [1.165, 1.54) is 17.5 Å². The van der Waals surface area contributed by atoms with Crippen LogP contribution in [0, 0.1) is 0 Å². The summed E-state index contributed by atoms with van der Waals surface area (Å²) in [7, 11) is 0. The summed E-state index contributed by atoms with van der Waals surface area (Å²) >= 11 is 0. The number of aliphatic hydroxyl groups is 1. The molecule has 1 aliphatic carbocycles. The lowest BCUT2D eigenvalue weighted by molar-refractivity contribution is 0.270. The molecule has 2 N–H and O–H groups in total. The van der Waals surface area contributed by atoms with Gasteiger partial charge in [0.2, 0.25) is 0 Å². The number of aliphatic hydroxyl groups excluding tert-OH is 1. The topological polar surface area (TPSA) is 40.5 Å². The van der Waals surface area contributed by atoms with Crippen molar-refractivity contribution in [2.75, 3.05) is 6.61 Å². The van der Waals surface area contributed by atoms with Gasteiger partial charge in [-0.3, -0.25) is 0 Å². The molecule has 1 unspecified atom stereocenters. The third-order valence-corrected chi connectivity index (χ3v) is 3.05. The van der Waals surface area contributed by atoms with Crippen LogP contribution in [0.2, 0.25) is 0 Å². The van der Waals surface area contributed by atoms with Crippen molar-refractivity contribution < 1.29 is 10.2 Å². The van der Waals surface area contributed by atoms with Gasteiger partial charge in [0.1, 0.15) is 5.75 Å². The third kappa shape index (κ3) is 1.50. The van der Waals surface area contributed by atoms with Gasteiger partial charge in [-0.25, -0.2) is 0 Å². The molecule has 2 heteroatoms. The lowest BCUT2D eigenvalue weighted by atomic mass is 9.96. The maximum Gasteiger partial charge on any atom is 0.119 e. The number of hydrogen-bond donors (Lipinski definition) is 2. The fourth-order valence-electron chi connectivity index (χ4n) is 2.12. The number of hydrogen-bond acceptors (Lipinski definition) is 2. The van der Waals surface area contributed by atoms with Gasteiger partial charge in [-0.15, -0.1) is 0 Å². The summed E-state index contributed by atoms with van der Waals surface area (Å²) in [5, 5.41) is 18.8. The number of phenols is 1. The molecule has 1 aliphatic rings. The molecule has 0 fully saturated rings. The standard InChI is InChI=1S/C12H16O2/c1-8(7-13)11-5-9-3-2-4-10(9)6-12(11)14/h5-6,8,13-14H,2-4,7H2,1H3. The van der Waals surface area contributed by atoms with Crippen LogP contribution in [0.1, 0.15) is 36.0 Å². The Hall–Kier alpha value is -1.02. The lowest BCUT2D eigenvalue weighted by Crippen LogP contribution is -2.00. The van der Waals surface area contributed by atoms with Gasteiger partial charge in [-0.05, 0) is 42.0 Å². The number of phenolic OH excluding ortho intramolecular Hbond substituents is 1. The molecule has 0 saturated carbocycles. The molecule has 0 amide bonds. The van der Waals surface area contributed by atoms with Crippen LogP contribution < -0.4 is 0 Å². The molecule has 0 saturated heterocycles. The predicted octanol–water partition coefficient (Wildman–Crippen LogP) is 1.98. The minimum absolute atomic E-state index is 0.0286. The molecule has 0 radical (unpaired) electrons. The van der Waals surface area contributed by atoms with E-state index >= 15 is 0 Å². The van der Waals surface area contributed by atoms with Gasteiger partial charge in [-0.2, -0.15) is 0 Å². The summed E-state index contributed by atoms with van der Waals surface area (Å²) in [6.45, 7) is 2.02. The second kappa shape index (κ2) is 3.62. The normalized spacial score (nSPS) is 16.7. The number of benzene rings is 1. The van der Waals surface area contributed by atoms with Gasteiger partial charge >= 0.3 is 0 Å². The number of rotatable bonds is 2. The van der Waals surface area contributed by atoms with Crippen molar-refractivity contribution in [3.8, 4) is 5.75 Å². The van der Waals surface area contributed by atoms with Crippen molar-refractivity contribution in [1.29, 1.82) is 0 Å². The van der Waals surface area contributed by atoms with E-state index in [9.17, 15) is 5.11 Å². The van der Waals surface area contributed by atoms with Crippen LogP contribution in [0.25, 0.3) is 0 Å². The van der Waals surface area contributed by atoms with Gasteiger partial charge in [0, 0.05) is 12.5 Å². The molecule has 1 aromatic carbocycles. The zero-order chi connectivity index (χ0) is 10.1. The molecule has 14 heavy (non-hydrogen) atoms. The summed E-state index contributed by atoms with van der Waals surface area (Å²) in [5.41, 5.74) is 3.50. The van der Waals surface area contributed by atoms with Crippen molar-refractivity contribution in [1.82, 2.24) is 0 Å². The highest BCUT2D eigenvalue weighted by Gasteiger charge is 2.16. The molecular formula is C12H16O2. The van der Waals surface area contributed by atoms with Crippen LogP contribution in [0.5, 0.6) is 5.75 Å². The first-order valence-corrected chi connectivity index (χ1v) is 5.18. The number of fused-ring (bicyclic) bond motifs is 1. The Balaban J connectivity index is 2.42. The first kappa shape index (κ1) is 9.53. The zero-order valence-electron chi connectivity index (χ0n) is 8.45. The van der Waals surface area contributed by atoms with E-state index in [1.54, 1.807) is 0 Å². The SMILES string of the molecule is CC(CO)c1cc2c(cc1O)CCC2. The summed E-state index contributed by atoms with van der Waals surface area (Å²) in [6, 6.07) is 3.92. The van der Waals surface area contributed by atoms with Gasteiger partial charge < -0.3 is 10.2 Å². The van der Waals surface area contributed by atoms with E-state index in [4.69, 9.17) is 5.11 Å². The molecule has 1 aromatic rings. The Morgan fingerprint density at radius 2 is 1.93 bits per heavy atom. The molecular weight excluding hydrogens is 176 g/mol. The molecule has 0 aliphatic heterocycles. The van der Waals surface area contributed by atoms with Crippen molar-refractivity contribution in [3.63, 3.8) is 0 Å². The number of aromatic hydroxyl groups is 1. The summed E-state index contributed by atoms with van der Waals surface area (Å²) in [6.07, 6.45) is 3.38. The van der Waals surface area contributed by atoms with Gasteiger partial charge in [0.15, 0.2) is 0 Å². The highest BCUT2D eigenvalue weighted by Crippen LogP contribution is 2.32. The fourth-order valence-corrected chi connectivity index (χ4v) is 2.12. The molecule has 0 heterocycles. The fraction of sp³-hybridized carbons (Fsp3) is 0.500. The van der Waals surface area contributed by atoms with E-state index in [-0.39, 0.29) is 12.5 Å². The van der Waals surface area contributed by atoms with Crippen molar-refractivity contribution in [2.24, 2.45) is 0 Å². The van der Waals surface area contributed by atoms with Gasteiger partial charge in [0.25, 0.3) is 0 Å². The van der Waals surface area contributed by atoms with Crippen LogP contribution in [-0.2, 0) is 12.8 Å². The van der Waals surface area contributed by atoms with Gasteiger partial charge in [0.05, 0.1) is 0 Å². The van der Waals surface area contributed by atoms with E-state index in [2.05, 4.69) is 6.07 Å². The van der Waals surface area contributed by atoms with Crippen LogP contribution in [0.3, 0.4) is 0 Å². The number of aryl methyl sites for hydroxylation is 2. The third-order valence-electron chi connectivity index (χ3n) is 3.05. The molecule has 1 atom stereocenters. The molecule has 2 rings (SSSR count). The second-order valence-corrected chi connectivity index (χ2v) is 4.12. The van der Waals surface area contributed by atoms with E-state index in [1.807, 2.05) is 13.0 Å². The van der Waals surface area contributed by atoms with Crippen molar-refractivity contribution >= 4 is 0 Å². The molecule has 0 spiro atoms. The van der Waals surface area contributed by atoms with E-state index in [0.717, 1.165) is 18.4 Å². The minimum atomic E-state index is 0.0286. The molecule has 0 bridgehead atoms. The first-order chi connectivity index (χ1) is 6.72. The average Bonchev–Trinajstić information content (AvgIpc) is 2.62. The first-order valence-electron chi connectivity index (χ1n) is 5.18. The Bertz CT molecular complexity index is 344. The Morgan fingerprint density at radius 3 is 2.57 bits per heavy atom. The van der Waals surface area contributed by atoms with Gasteiger partial charge in [-0.1, -0.05) is 13.0 Å². The van der Waals surface area contributed by atoms with Crippen LogP contribution in [0.4, 0.5) is 0 Å². The second-order valence-electron chi connectivity index (χ2n) is 4.12. The maximum absolute atomic E-state index is 9.77. The smallest absolute Gasteiger partial charge is 0.119 e. The summed E-state index contributed by atoms with van der Waals surface area (Å²) in [4.78, 5) is 0. The van der Waals surface area contributed by atoms with E-state index in [0.29, 0.717) is 5.75 Å².